The molecule has 1 heterocycles. The minimum atomic E-state index is 0.473. The van der Waals surface area contributed by atoms with E-state index in [1.807, 2.05) is 7.05 Å². The van der Waals surface area contributed by atoms with Crippen LogP contribution in [-0.2, 0) is 6.42 Å². The zero-order valence-corrected chi connectivity index (χ0v) is 12.5. The quantitative estimate of drug-likeness (QED) is 0.751. The summed E-state index contributed by atoms with van der Waals surface area (Å²) in [5, 5.41) is 5.96. The summed E-state index contributed by atoms with van der Waals surface area (Å²) in [6.07, 6.45) is 1.08. The summed E-state index contributed by atoms with van der Waals surface area (Å²) in [5.41, 5.74) is 4.08. The molecular formula is C18H22N2. The lowest BCUT2D eigenvalue weighted by Crippen LogP contribution is -2.10. The lowest BCUT2D eigenvalue weighted by Gasteiger charge is -2.11. The number of likely N-dealkylation sites (N-methyl/N-ethyl adjacent to an activating group) is 1. The Morgan fingerprint density at radius 2 is 1.75 bits per heavy atom. The molecule has 0 spiro atoms. The Hall–Kier alpha value is -1.80. The third-order valence-corrected chi connectivity index (χ3v) is 3.95. The van der Waals surface area contributed by atoms with Gasteiger partial charge in [-0.25, -0.2) is 0 Å². The van der Waals surface area contributed by atoms with Gasteiger partial charge < -0.3 is 9.88 Å². The van der Waals surface area contributed by atoms with Gasteiger partial charge in [0.2, 0.25) is 0 Å². The van der Waals surface area contributed by atoms with Crippen LogP contribution in [0.25, 0.3) is 21.8 Å². The van der Waals surface area contributed by atoms with Crippen molar-refractivity contribution in [2.75, 3.05) is 13.6 Å². The van der Waals surface area contributed by atoms with Gasteiger partial charge in [-0.1, -0.05) is 24.3 Å². The van der Waals surface area contributed by atoms with E-state index in [9.17, 15) is 0 Å². The Balaban J connectivity index is 2.26. The number of benzene rings is 2. The summed E-state index contributed by atoms with van der Waals surface area (Å²) >= 11 is 0. The first-order valence-electron chi connectivity index (χ1n) is 7.38. The maximum absolute atomic E-state index is 3.22. The zero-order chi connectivity index (χ0) is 14.1. The van der Waals surface area contributed by atoms with E-state index in [4.69, 9.17) is 0 Å². The molecule has 1 aromatic heterocycles. The fourth-order valence-electron chi connectivity index (χ4n) is 3.03. The molecule has 20 heavy (non-hydrogen) atoms. The molecule has 1 N–H and O–H groups in total. The van der Waals surface area contributed by atoms with Crippen molar-refractivity contribution < 1.29 is 0 Å². The molecule has 0 bridgehead atoms. The third kappa shape index (κ3) is 2.10. The maximum Gasteiger partial charge on any atom is 0.0493 e. The van der Waals surface area contributed by atoms with Crippen molar-refractivity contribution in [3.8, 4) is 0 Å². The van der Waals surface area contributed by atoms with Crippen LogP contribution in [0, 0.1) is 0 Å². The first kappa shape index (κ1) is 13.2. The largest absolute Gasteiger partial charge is 0.338 e. The van der Waals surface area contributed by atoms with Gasteiger partial charge >= 0.3 is 0 Å². The first-order valence-corrected chi connectivity index (χ1v) is 7.38. The molecule has 3 aromatic rings. The summed E-state index contributed by atoms with van der Waals surface area (Å²) in [6.45, 7) is 5.52. The fourth-order valence-corrected chi connectivity index (χ4v) is 3.03. The maximum atomic E-state index is 3.22. The van der Waals surface area contributed by atoms with Crippen molar-refractivity contribution in [2.24, 2.45) is 0 Å². The highest BCUT2D eigenvalue weighted by Crippen LogP contribution is 2.32. The molecule has 0 unspecified atom stereocenters. The molecule has 0 aliphatic carbocycles. The van der Waals surface area contributed by atoms with Crippen molar-refractivity contribution in [1.29, 1.82) is 0 Å². The second-order valence-corrected chi connectivity index (χ2v) is 5.69. The average Bonchev–Trinajstić information content (AvgIpc) is 2.79. The van der Waals surface area contributed by atoms with Gasteiger partial charge in [-0.05, 0) is 57.6 Å². The lowest BCUT2D eigenvalue weighted by atomic mass is 10.1. The minimum Gasteiger partial charge on any atom is -0.338 e. The van der Waals surface area contributed by atoms with Crippen LogP contribution in [0.3, 0.4) is 0 Å². The molecule has 0 radical (unpaired) electrons. The smallest absolute Gasteiger partial charge is 0.0493 e. The van der Waals surface area contributed by atoms with Crippen molar-refractivity contribution >= 4 is 21.8 Å². The second kappa shape index (κ2) is 5.29. The van der Waals surface area contributed by atoms with Gasteiger partial charge in [0.1, 0.15) is 0 Å². The number of nitrogens with one attached hydrogen (secondary N) is 1. The molecule has 0 saturated carbocycles. The third-order valence-electron chi connectivity index (χ3n) is 3.95. The fraction of sp³-hybridized carbons (Fsp3) is 0.333. The molecule has 2 heteroatoms. The van der Waals surface area contributed by atoms with E-state index in [1.165, 1.54) is 27.4 Å². The lowest BCUT2D eigenvalue weighted by molar-refractivity contribution is 0.642. The number of nitrogens with zero attached hydrogens (tertiary/aromatic N) is 1. The van der Waals surface area contributed by atoms with Crippen LogP contribution in [-0.4, -0.2) is 18.2 Å². The van der Waals surface area contributed by atoms with Crippen LogP contribution < -0.4 is 5.32 Å². The number of aromatic nitrogens is 1. The Kier molecular flexibility index (Phi) is 3.49. The van der Waals surface area contributed by atoms with Gasteiger partial charge in [0.25, 0.3) is 0 Å². The SMILES string of the molecule is CNCCc1ccc2c(c1)c1ccccc1n2C(C)C. The van der Waals surface area contributed by atoms with Gasteiger partial charge in [0.05, 0.1) is 0 Å². The van der Waals surface area contributed by atoms with Crippen LogP contribution in [0.4, 0.5) is 0 Å². The number of hydrogen-bond acceptors (Lipinski definition) is 1. The molecular weight excluding hydrogens is 244 g/mol. The number of rotatable bonds is 4. The van der Waals surface area contributed by atoms with Gasteiger partial charge in [0.15, 0.2) is 0 Å². The van der Waals surface area contributed by atoms with Crippen LogP contribution in [0.1, 0.15) is 25.5 Å². The number of hydrogen-bond donors (Lipinski definition) is 1. The van der Waals surface area contributed by atoms with E-state index < -0.39 is 0 Å². The number of para-hydroxylation sites is 1. The van der Waals surface area contributed by atoms with E-state index in [-0.39, 0.29) is 0 Å². The van der Waals surface area contributed by atoms with E-state index >= 15 is 0 Å². The summed E-state index contributed by atoms with van der Waals surface area (Å²) in [6, 6.07) is 16.1. The molecule has 0 atom stereocenters. The zero-order valence-electron chi connectivity index (χ0n) is 12.5. The van der Waals surface area contributed by atoms with Crippen LogP contribution in [0.15, 0.2) is 42.5 Å². The highest BCUT2D eigenvalue weighted by molar-refractivity contribution is 6.08. The highest BCUT2D eigenvalue weighted by Gasteiger charge is 2.12. The number of fused-ring (bicyclic) bond motifs is 3. The standard InChI is InChI=1S/C18H22N2/c1-13(2)20-17-7-5-4-6-15(17)16-12-14(10-11-19-3)8-9-18(16)20/h4-9,12-13,19H,10-11H2,1-3H3. The van der Waals surface area contributed by atoms with Crippen molar-refractivity contribution in [1.82, 2.24) is 9.88 Å². The van der Waals surface area contributed by atoms with Gasteiger partial charge in [0, 0.05) is 27.8 Å². The molecule has 104 valence electrons. The first-order chi connectivity index (χ1) is 9.72. The van der Waals surface area contributed by atoms with Crippen molar-refractivity contribution in [2.45, 2.75) is 26.3 Å². The highest BCUT2D eigenvalue weighted by atomic mass is 15.0. The van der Waals surface area contributed by atoms with Gasteiger partial charge in [-0.15, -0.1) is 0 Å². The molecule has 0 fully saturated rings. The summed E-state index contributed by atoms with van der Waals surface area (Å²) < 4.78 is 2.44. The minimum absolute atomic E-state index is 0.473. The summed E-state index contributed by atoms with van der Waals surface area (Å²) in [4.78, 5) is 0. The molecule has 2 nitrogen and oxygen atoms in total. The molecule has 0 amide bonds. The van der Waals surface area contributed by atoms with Crippen LogP contribution in [0.5, 0.6) is 0 Å². The molecule has 0 saturated heterocycles. The normalized spacial score (nSPS) is 11.8. The molecule has 2 aromatic carbocycles. The van der Waals surface area contributed by atoms with Crippen LogP contribution >= 0.6 is 0 Å². The summed E-state index contributed by atoms with van der Waals surface area (Å²) in [5.74, 6) is 0. The topological polar surface area (TPSA) is 17.0 Å². The molecule has 3 rings (SSSR count). The Labute approximate surface area is 120 Å². The van der Waals surface area contributed by atoms with E-state index in [0.717, 1.165) is 13.0 Å². The van der Waals surface area contributed by atoms with Gasteiger partial charge in [-0.3, -0.25) is 0 Å². The predicted octanol–water partition coefficient (Wildman–Crippen LogP) is 4.14. The summed E-state index contributed by atoms with van der Waals surface area (Å²) in [7, 11) is 2.00. The Bertz CT molecular complexity index is 738. The second-order valence-electron chi connectivity index (χ2n) is 5.69. The molecule has 0 aliphatic heterocycles. The Morgan fingerprint density at radius 3 is 2.50 bits per heavy atom. The van der Waals surface area contributed by atoms with Crippen molar-refractivity contribution in [3.63, 3.8) is 0 Å². The Morgan fingerprint density at radius 1 is 1.00 bits per heavy atom. The van der Waals surface area contributed by atoms with Crippen molar-refractivity contribution in [3.05, 3.63) is 48.0 Å². The predicted molar refractivity (Wildman–Crippen MR) is 87.5 cm³/mol. The van der Waals surface area contributed by atoms with E-state index in [1.54, 1.807) is 0 Å². The van der Waals surface area contributed by atoms with Gasteiger partial charge in [-0.2, -0.15) is 0 Å². The van der Waals surface area contributed by atoms with E-state index in [0.29, 0.717) is 6.04 Å². The van der Waals surface area contributed by atoms with Crippen LogP contribution in [0.2, 0.25) is 0 Å². The average molecular weight is 266 g/mol. The molecule has 0 aliphatic rings. The van der Waals surface area contributed by atoms with E-state index in [2.05, 4.69) is 66.2 Å². The monoisotopic (exact) mass is 266 g/mol.